The largest absolute Gasteiger partial charge is 0.508 e. The van der Waals surface area contributed by atoms with E-state index in [1.165, 1.54) is 34.0 Å². The first-order valence-corrected chi connectivity index (χ1v) is 15.9. The van der Waals surface area contributed by atoms with Gasteiger partial charge >= 0.3 is 23.9 Å². The van der Waals surface area contributed by atoms with Crippen LogP contribution in [0.15, 0.2) is 28.1 Å². The zero-order valence-corrected chi connectivity index (χ0v) is 29.2. The number of Topliss-reactive ketones (excluding diaryl/α,β-unsaturated/α-hetero) is 1. The molecular formula is C31H40N2O17S. The molecule has 0 radical (unpaired) electrons. The molecule has 3 rings (SSSR count). The molecular weight excluding hydrogens is 704 g/mol. The van der Waals surface area contributed by atoms with Gasteiger partial charge in [0.25, 0.3) is 0 Å². The Labute approximate surface area is 296 Å². The van der Waals surface area contributed by atoms with Crippen LogP contribution in [0.5, 0.6) is 0 Å². The summed E-state index contributed by atoms with van der Waals surface area (Å²) >= 11 is 4.58. The highest BCUT2D eigenvalue weighted by Crippen LogP contribution is 2.42. The Morgan fingerprint density at radius 1 is 1.18 bits per heavy atom. The molecule has 51 heavy (non-hydrogen) atoms. The Balaban J connectivity index is 2.17. The second kappa shape index (κ2) is 16.6. The number of thiocarbonyl (C=S) groups is 1. The molecule has 2 heterocycles. The maximum atomic E-state index is 13.2. The number of methoxy groups -OCH3 is 1. The average molecular weight is 745 g/mol. The average Bonchev–Trinajstić information content (AvgIpc) is 3.04. The summed E-state index contributed by atoms with van der Waals surface area (Å²) in [6.07, 6.45) is -15.0. The number of carbonyl (C=O) groups is 5. The van der Waals surface area contributed by atoms with E-state index in [1.807, 2.05) is 5.16 Å². The number of nitrogens with one attached hydrogen (secondary N) is 1. The van der Waals surface area contributed by atoms with E-state index >= 15 is 0 Å². The van der Waals surface area contributed by atoms with Crippen LogP contribution in [0.4, 0.5) is 0 Å². The van der Waals surface area contributed by atoms with Crippen LogP contribution < -0.4 is 0 Å². The lowest BCUT2D eigenvalue weighted by Crippen LogP contribution is -2.70. The number of aliphatic hydroxyl groups is 4. The van der Waals surface area contributed by atoms with E-state index in [-0.39, 0.29) is 12.1 Å². The fourth-order valence-corrected chi connectivity index (χ4v) is 6.35. The highest BCUT2D eigenvalue weighted by Gasteiger charge is 2.62. The van der Waals surface area contributed by atoms with Gasteiger partial charge in [-0.1, -0.05) is 6.08 Å². The number of ketones is 1. The van der Waals surface area contributed by atoms with E-state index in [1.54, 1.807) is 0 Å². The van der Waals surface area contributed by atoms with Gasteiger partial charge in [0.2, 0.25) is 0 Å². The molecule has 0 bridgehead atoms. The van der Waals surface area contributed by atoms with Gasteiger partial charge in [-0.3, -0.25) is 19.8 Å². The van der Waals surface area contributed by atoms with Gasteiger partial charge in [0.1, 0.15) is 54.2 Å². The van der Waals surface area contributed by atoms with E-state index in [2.05, 4.69) is 17.2 Å². The van der Waals surface area contributed by atoms with Gasteiger partial charge in [-0.05, 0) is 33.0 Å². The number of carboxylic acid groups (broad SMARTS) is 1. The number of rotatable bonds is 12. The summed E-state index contributed by atoms with van der Waals surface area (Å²) in [7, 11) is 1.25. The molecule has 0 aromatic rings. The summed E-state index contributed by atoms with van der Waals surface area (Å²) < 4.78 is 39.4. The number of isothiocyanates is 1. The molecule has 0 aromatic carbocycles. The highest BCUT2D eigenvalue weighted by atomic mass is 32.1. The lowest BCUT2D eigenvalue weighted by atomic mass is 9.74. The van der Waals surface area contributed by atoms with Crippen LogP contribution in [0, 0.1) is 5.41 Å². The maximum absolute atomic E-state index is 13.2. The molecule has 2 saturated heterocycles. The van der Waals surface area contributed by atoms with Crippen molar-refractivity contribution in [1.29, 1.82) is 5.41 Å². The number of aliphatic carboxylic acids is 1. The molecule has 2 fully saturated rings. The topological polar surface area (TPSA) is 287 Å². The van der Waals surface area contributed by atoms with Crippen LogP contribution in [-0.2, 0) is 57.1 Å². The molecule has 6 N–H and O–H groups in total. The van der Waals surface area contributed by atoms with Crippen LogP contribution in [0.2, 0.25) is 0 Å². The highest BCUT2D eigenvalue weighted by molar-refractivity contribution is 7.78. The van der Waals surface area contributed by atoms with Crippen LogP contribution in [-0.4, -0.2) is 146 Å². The molecule has 11 atom stereocenters. The Hall–Kier alpha value is -3.98. The molecule has 282 valence electrons. The zero-order chi connectivity index (χ0) is 38.6. The Bertz CT molecular complexity index is 1540. The number of hydrogen-bond acceptors (Lipinski definition) is 19. The fourth-order valence-electron chi connectivity index (χ4n) is 6.25. The zero-order valence-electron chi connectivity index (χ0n) is 28.4. The molecule has 0 unspecified atom stereocenters. The predicted molar refractivity (Wildman–Crippen MR) is 170 cm³/mol. The normalized spacial score (nSPS) is 35.0. The smallest absolute Gasteiger partial charge is 0.357 e. The molecule has 0 amide bonds. The van der Waals surface area contributed by atoms with Gasteiger partial charge < -0.3 is 58.7 Å². The number of aliphatic imine (C=N–C) groups is 1. The number of hydrogen-bond donors (Lipinski definition) is 6. The van der Waals surface area contributed by atoms with E-state index in [0.717, 1.165) is 13.8 Å². The van der Waals surface area contributed by atoms with Crippen molar-refractivity contribution < 1.29 is 82.7 Å². The molecule has 1 aliphatic carbocycles. The fraction of sp³-hybridized carbons (Fsp3) is 0.645. The van der Waals surface area contributed by atoms with Gasteiger partial charge in [-0.2, -0.15) is 4.99 Å². The van der Waals surface area contributed by atoms with E-state index in [4.69, 9.17) is 38.6 Å². The van der Waals surface area contributed by atoms with Crippen molar-refractivity contribution >= 4 is 52.8 Å². The minimum Gasteiger partial charge on any atom is -0.508 e. The standard InChI is InChI=1S/C31H40N2O17S/c1-7-16(33-11-51)29(41)50-24-18(10-45-14(4)34)48-27(30(42)9-17(36)22(32)21(26(30)38)28(39)40)23(37)25(24)49-20-8-19(44-6)31(43,13(3)47-20)12(2)46-15(5)35/h7,12-13,18-20,23-25,27,32,37-38,42-43H,8-10H2,1-6H3,(H,39,40)/b16-7-,32-22?/t12-,13-,18+,19-,20-,23+,24+,25-,27+,30+,31+/m0/s1. The summed E-state index contributed by atoms with van der Waals surface area (Å²) in [5.41, 5.74) is -7.72. The lowest BCUT2D eigenvalue weighted by Gasteiger charge is -2.52. The quantitative estimate of drug-likeness (QED) is 0.0480. The van der Waals surface area contributed by atoms with Gasteiger partial charge in [0.15, 0.2) is 35.1 Å². The van der Waals surface area contributed by atoms with Gasteiger partial charge in [0.05, 0.1) is 23.8 Å². The second-order valence-electron chi connectivity index (χ2n) is 12.0. The molecule has 19 nitrogen and oxygen atoms in total. The van der Waals surface area contributed by atoms with Crippen molar-refractivity contribution in [2.24, 2.45) is 4.99 Å². The van der Waals surface area contributed by atoms with E-state index in [0.29, 0.717) is 0 Å². The third kappa shape index (κ3) is 8.40. The number of nitrogens with zero attached hydrogens (tertiary/aromatic N) is 1. The van der Waals surface area contributed by atoms with Crippen molar-refractivity contribution in [2.75, 3.05) is 13.7 Å². The van der Waals surface area contributed by atoms with Gasteiger partial charge in [0, 0.05) is 27.4 Å². The van der Waals surface area contributed by atoms with Crippen molar-refractivity contribution in [2.45, 2.75) is 114 Å². The van der Waals surface area contributed by atoms with Crippen molar-refractivity contribution in [3.05, 3.63) is 23.1 Å². The minimum atomic E-state index is -3.02. The SMILES string of the molecule is C/C=C(\N=C=S)C(=O)O[C@H]1[C@@H](O[C@H]2C[C@H](OC)[C@@](O)([C@H](C)OC(C)=O)[C@H](C)O2)[C@@H](O)[C@H]([C@@]2(O)CC(=O)C(=N)C(C(=O)O)=C2O)O[C@@H]1COC(C)=O. The molecule has 0 saturated carbocycles. The summed E-state index contributed by atoms with van der Waals surface area (Å²) in [5.74, 6) is -7.31. The third-order valence-electron chi connectivity index (χ3n) is 8.81. The molecule has 20 heteroatoms. The summed E-state index contributed by atoms with van der Waals surface area (Å²) in [6, 6.07) is 0. The van der Waals surface area contributed by atoms with E-state index in [9.17, 15) is 49.5 Å². The molecule has 3 aliphatic rings. The predicted octanol–water partition coefficient (Wildman–Crippen LogP) is -0.566. The van der Waals surface area contributed by atoms with Crippen LogP contribution in [0.3, 0.4) is 0 Å². The first kappa shape index (κ1) is 41.4. The van der Waals surface area contributed by atoms with E-state index < -0.39 is 126 Å². The first-order chi connectivity index (χ1) is 23.8. The van der Waals surface area contributed by atoms with Gasteiger partial charge in [-0.25, -0.2) is 9.59 Å². The molecule has 0 aromatic heterocycles. The lowest BCUT2D eigenvalue weighted by molar-refractivity contribution is -0.345. The third-order valence-corrected chi connectivity index (χ3v) is 8.90. The number of aliphatic hydroxyl groups excluding tert-OH is 2. The molecule has 0 spiro atoms. The maximum Gasteiger partial charge on any atom is 0.357 e. The number of carbonyl (C=O) groups excluding carboxylic acids is 4. The van der Waals surface area contributed by atoms with Crippen molar-refractivity contribution in [1.82, 2.24) is 0 Å². The monoisotopic (exact) mass is 744 g/mol. The van der Waals surface area contributed by atoms with Crippen molar-refractivity contribution in [3.8, 4) is 0 Å². The summed E-state index contributed by atoms with van der Waals surface area (Å²) in [6.45, 7) is 5.66. The van der Waals surface area contributed by atoms with Crippen LogP contribution in [0.1, 0.15) is 47.5 Å². The Kier molecular flexibility index (Phi) is 13.5. The minimum absolute atomic E-state index is 0.323. The Morgan fingerprint density at radius 2 is 1.82 bits per heavy atom. The summed E-state index contributed by atoms with van der Waals surface area (Å²) in [4.78, 5) is 65.1. The van der Waals surface area contributed by atoms with Gasteiger partial charge in [-0.15, -0.1) is 0 Å². The van der Waals surface area contributed by atoms with Crippen LogP contribution >= 0.6 is 12.2 Å². The van der Waals surface area contributed by atoms with Crippen molar-refractivity contribution in [3.63, 3.8) is 0 Å². The summed E-state index contributed by atoms with van der Waals surface area (Å²) in [5, 5.41) is 65.7. The number of ether oxygens (including phenoxy) is 7. The number of allylic oxidation sites excluding steroid dienone is 1. The first-order valence-electron chi connectivity index (χ1n) is 15.4. The van der Waals surface area contributed by atoms with Crippen LogP contribution in [0.25, 0.3) is 0 Å². The molecule has 2 aliphatic heterocycles. The second-order valence-corrected chi connectivity index (χ2v) is 12.2. The number of esters is 3. The number of carboxylic acids is 1. The Morgan fingerprint density at radius 3 is 2.35 bits per heavy atom.